The van der Waals surface area contributed by atoms with Crippen LogP contribution in [0.5, 0.6) is 0 Å². The van der Waals surface area contributed by atoms with Crippen molar-refractivity contribution in [2.24, 2.45) is 5.92 Å². The molecule has 4 nitrogen and oxygen atoms in total. The van der Waals surface area contributed by atoms with Gasteiger partial charge < -0.3 is 9.47 Å². The van der Waals surface area contributed by atoms with Crippen molar-refractivity contribution in [2.75, 3.05) is 0 Å². The van der Waals surface area contributed by atoms with Gasteiger partial charge in [0.25, 0.3) is 0 Å². The molecule has 0 aromatic heterocycles. The molecule has 0 amide bonds. The van der Waals surface area contributed by atoms with Crippen molar-refractivity contribution in [3.05, 3.63) is 71.8 Å². The zero-order valence-electron chi connectivity index (χ0n) is 15.8. The van der Waals surface area contributed by atoms with Crippen LogP contribution >= 0.6 is 0 Å². The lowest BCUT2D eigenvalue weighted by Gasteiger charge is -2.34. The minimum Gasteiger partial charge on any atom is -0.455 e. The fraction of sp³-hybridized carbons (Fsp3) is 0.364. The van der Waals surface area contributed by atoms with Gasteiger partial charge in [-0.15, -0.1) is 0 Å². The van der Waals surface area contributed by atoms with E-state index in [2.05, 4.69) is 0 Å². The lowest BCUT2D eigenvalue weighted by molar-refractivity contribution is -0.0846. The lowest BCUT2D eigenvalue weighted by atomic mass is 9.92. The van der Waals surface area contributed by atoms with E-state index in [1.807, 2.05) is 26.0 Å². The summed E-state index contributed by atoms with van der Waals surface area (Å²) in [5, 5.41) is 0. The fourth-order valence-corrected chi connectivity index (χ4v) is 2.61. The highest BCUT2D eigenvalue weighted by atomic mass is 16.6. The van der Waals surface area contributed by atoms with Crippen molar-refractivity contribution in [3.63, 3.8) is 0 Å². The monoisotopic (exact) mass is 354 g/mol. The molecule has 0 heterocycles. The maximum Gasteiger partial charge on any atom is 0.338 e. The number of rotatable bonds is 7. The Morgan fingerprint density at radius 1 is 0.846 bits per heavy atom. The molecule has 0 bridgehead atoms. The summed E-state index contributed by atoms with van der Waals surface area (Å²) in [7, 11) is 0. The molecule has 0 fully saturated rings. The van der Waals surface area contributed by atoms with Crippen LogP contribution in [-0.2, 0) is 9.47 Å². The second-order valence-corrected chi connectivity index (χ2v) is 7.25. The number of carbonyl (C=O) groups is 2. The Bertz CT molecular complexity index is 720. The highest BCUT2D eigenvalue weighted by Gasteiger charge is 2.37. The van der Waals surface area contributed by atoms with Crippen molar-refractivity contribution in [3.8, 4) is 0 Å². The summed E-state index contributed by atoms with van der Waals surface area (Å²) < 4.78 is 11.4. The first-order valence-electron chi connectivity index (χ1n) is 8.84. The van der Waals surface area contributed by atoms with E-state index in [0.29, 0.717) is 17.5 Å². The van der Waals surface area contributed by atoms with Gasteiger partial charge in [0.2, 0.25) is 0 Å². The Morgan fingerprint density at radius 2 is 1.31 bits per heavy atom. The highest BCUT2D eigenvalue weighted by Crippen LogP contribution is 2.26. The first-order chi connectivity index (χ1) is 12.3. The van der Waals surface area contributed by atoms with Crippen LogP contribution in [0.3, 0.4) is 0 Å². The second-order valence-electron chi connectivity index (χ2n) is 7.25. The molecule has 2 rings (SSSR count). The van der Waals surface area contributed by atoms with E-state index in [-0.39, 0.29) is 5.92 Å². The van der Waals surface area contributed by atoms with E-state index < -0.39 is 23.6 Å². The van der Waals surface area contributed by atoms with Gasteiger partial charge >= 0.3 is 11.9 Å². The third-order valence-corrected chi connectivity index (χ3v) is 4.08. The summed E-state index contributed by atoms with van der Waals surface area (Å²) in [6, 6.07) is 17.6. The molecule has 1 unspecified atom stereocenters. The average Bonchev–Trinajstić information content (AvgIpc) is 2.62. The van der Waals surface area contributed by atoms with E-state index in [1.165, 1.54) is 0 Å². The van der Waals surface area contributed by atoms with E-state index in [0.717, 1.165) is 0 Å². The molecule has 4 heteroatoms. The predicted octanol–water partition coefficient (Wildman–Crippen LogP) is 4.89. The van der Waals surface area contributed by atoms with Crippen LogP contribution in [0.4, 0.5) is 0 Å². The average molecular weight is 354 g/mol. The van der Waals surface area contributed by atoms with Gasteiger partial charge in [0.15, 0.2) is 0 Å². The number of hydrogen-bond acceptors (Lipinski definition) is 4. The van der Waals surface area contributed by atoms with Crippen molar-refractivity contribution < 1.29 is 19.1 Å². The van der Waals surface area contributed by atoms with E-state index in [4.69, 9.17) is 9.47 Å². The largest absolute Gasteiger partial charge is 0.455 e. The molecular formula is C22H26O4. The zero-order valence-corrected chi connectivity index (χ0v) is 15.8. The van der Waals surface area contributed by atoms with Crippen LogP contribution in [0.15, 0.2) is 60.7 Å². The van der Waals surface area contributed by atoms with Gasteiger partial charge in [0, 0.05) is 0 Å². The lowest BCUT2D eigenvalue weighted by Crippen LogP contribution is -2.44. The summed E-state index contributed by atoms with van der Waals surface area (Å²) in [4.78, 5) is 24.9. The Kier molecular flexibility index (Phi) is 6.56. The second kappa shape index (κ2) is 8.65. The van der Waals surface area contributed by atoms with Gasteiger partial charge in [-0.25, -0.2) is 9.59 Å². The molecule has 0 aliphatic rings. The van der Waals surface area contributed by atoms with Gasteiger partial charge in [-0.05, 0) is 50.5 Å². The van der Waals surface area contributed by atoms with Crippen molar-refractivity contribution in [1.29, 1.82) is 0 Å². The van der Waals surface area contributed by atoms with E-state index in [1.54, 1.807) is 62.4 Å². The minimum absolute atomic E-state index is 0.276. The molecule has 0 saturated carbocycles. The van der Waals surface area contributed by atoms with Gasteiger partial charge in [-0.2, -0.15) is 0 Å². The Morgan fingerprint density at radius 3 is 1.77 bits per heavy atom. The van der Waals surface area contributed by atoms with Gasteiger partial charge in [0.05, 0.1) is 11.1 Å². The van der Waals surface area contributed by atoms with Crippen LogP contribution < -0.4 is 0 Å². The van der Waals surface area contributed by atoms with Crippen LogP contribution in [0.2, 0.25) is 0 Å². The Balaban J connectivity index is 2.15. The molecule has 26 heavy (non-hydrogen) atoms. The first kappa shape index (κ1) is 19.7. The quantitative estimate of drug-likeness (QED) is 0.664. The number of carbonyl (C=O) groups excluding carboxylic acids is 2. The van der Waals surface area contributed by atoms with Crippen molar-refractivity contribution >= 4 is 11.9 Å². The van der Waals surface area contributed by atoms with E-state index in [9.17, 15) is 9.59 Å². The first-order valence-corrected chi connectivity index (χ1v) is 8.84. The molecule has 0 saturated heterocycles. The molecule has 0 N–H and O–H groups in total. The Labute approximate surface area is 155 Å². The zero-order chi connectivity index (χ0) is 19.2. The standard InChI is InChI=1S/C22H26O4/c1-16(2)15-19(25-20(23)17-11-7-5-8-12-17)22(3,4)26-21(24)18-13-9-6-10-14-18/h5-14,16,19H,15H2,1-4H3. The molecular weight excluding hydrogens is 328 g/mol. The summed E-state index contributed by atoms with van der Waals surface area (Å²) in [5.41, 5.74) is -0.00792. The van der Waals surface area contributed by atoms with E-state index >= 15 is 0 Å². The van der Waals surface area contributed by atoms with Crippen LogP contribution in [0.1, 0.15) is 54.8 Å². The predicted molar refractivity (Wildman–Crippen MR) is 101 cm³/mol. The molecule has 0 aliphatic heterocycles. The third-order valence-electron chi connectivity index (χ3n) is 4.08. The highest BCUT2D eigenvalue weighted by molar-refractivity contribution is 5.90. The Hall–Kier alpha value is -2.62. The van der Waals surface area contributed by atoms with Crippen molar-refractivity contribution in [2.45, 2.75) is 45.8 Å². The van der Waals surface area contributed by atoms with Crippen LogP contribution in [0, 0.1) is 5.92 Å². The molecule has 0 radical (unpaired) electrons. The molecule has 1 atom stereocenters. The van der Waals surface area contributed by atoms with Gasteiger partial charge in [-0.3, -0.25) is 0 Å². The number of benzene rings is 2. The third kappa shape index (κ3) is 5.45. The fourth-order valence-electron chi connectivity index (χ4n) is 2.61. The topological polar surface area (TPSA) is 52.6 Å². The number of ether oxygens (including phenoxy) is 2. The molecule has 2 aromatic carbocycles. The summed E-state index contributed by atoms with van der Waals surface area (Å²) >= 11 is 0. The number of esters is 2. The molecule has 0 aliphatic carbocycles. The normalized spacial score (nSPS) is 12.5. The molecule has 2 aromatic rings. The molecule has 138 valence electrons. The van der Waals surface area contributed by atoms with Gasteiger partial charge in [-0.1, -0.05) is 50.2 Å². The maximum atomic E-state index is 12.5. The summed E-state index contributed by atoms with van der Waals surface area (Å²) in [6.07, 6.45) is 0.0380. The summed E-state index contributed by atoms with van der Waals surface area (Å²) in [5.74, 6) is -0.571. The maximum absolute atomic E-state index is 12.5. The van der Waals surface area contributed by atoms with Crippen molar-refractivity contribution in [1.82, 2.24) is 0 Å². The SMILES string of the molecule is CC(C)CC(OC(=O)c1ccccc1)C(C)(C)OC(=O)c1ccccc1. The van der Waals surface area contributed by atoms with Crippen LogP contribution in [-0.4, -0.2) is 23.6 Å². The smallest absolute Gasteiger partial charge is 0.338 e. The minimum atomic E-state index is -0.957. The van der Waals surface area contributed by atoms with Crippen LogP contribution in [0.25, 0.3) is 0 Å². The molecule has 0 spiro atoms. The number of hydrogen-bond donors (Lipinski definition) is 0. The summed E-state index contributed by atoms with van der Waals surface area (Å²) in [6.45, 7) is 7.63. The van der Waals surface area contributed by atoms with Gasteiger partial charge in [0.1, 0.15) is 11.7 Å².